The molecule has 0 radical (unpaired) electrons. The highest BCUT2D eigenvalue weighted by atomic mass is 32.2. The summed E-state index contributed by atoms with van der Waals surface area (Å²) in [5.74, 6) is -0.00111. The molecule has 3 rings (SSSR count). The molecule has 1 aromatic heterocycles. The Labute approximate surface area is 156 Å². The Morgan fingerprint density at radius 1 is 1.11 bits per heavy atom. The first-order valence-corrected chi connectivity index (χ1v) is 9.56. The first-order valence-electron chi connectivity index (χ1n) is 8.08. The predicted molar refractivity (Wildman–Crippen MR) is 100.0 cm³/mol. The molecule has 0 atom stereocenters. The van der Waals surface area contributed by atoms with Gasteiger partial charge in [-0.1, -0.05) is 6.07 Å². The molecule has 0 aliphatic rings. The van der Waals surface area contributed by atoms with Crippen LogP contribution in [0.1, 0.15) is 21.7 Å². The number of rotatable bonds is 6. The van der Waals surface area contributed by atoms with Crippen molar-refractivity contribution in [3.63, 3.8) is 0 Å². The molecule has 0 spiro atoms. The van der Waals surface area contributed by atoms with Crippen molar-refractivity contribution in [1.29, 1.82) is 0 Å². The standard InChI is InChI=1S/C19H18N2O5S/c1-13-4-9-17(18(22)11-13)21-19(23)14-5-7-16(8-6-14)27(24,25)20-12-15-3-2-10-26-15/h2-11,20,22H,12H2,1H3,(H,21,23). The fourth-order valence-corrected chi connectivity index (χ4v) is 3.38. The summed E-state index contributed by atoms with van der Waals surface area (Å²) in [6.07, 6.45) is 1.46. The molecule has 7 nitrogen and oxygen atoms in total. The lowest BCUT2D eigenvalue weighted by Crippen LogP contribution is -2.23. The number of hydrogen-bond acceptors (Lipinski definition) is 5. The van der Waals surface area contributed by atoms with Crippen LogP contribution in [-0.4, -0.2) is 19.4 Å². The van der Waals surface area contributed by atoms with Gasteiger partial charge in [-0.15, -0.1) is 0 Å². The van der Waals surface area contributed by atoms with Gasteiger partial charge >= 0.3 is 0 Å². The number of carbonyl (C=O) groups is 1. The van der Waals surface area contributed by atoms with E-state index in [4.69, 9.17) is 4.42 Å². The van der Waals surface area contributed by atoms with Crippen molar-refractivity contribution in [2.24, 2.45) is 0 Å². The smallest absolute Gasteiger partial charge is 0.255 e. The van der Waals surface area contributed by atoms with Crippen LogP contribution in [0.4, 0.5) is 5.69 Å². The summed E-state index contributed by atoms with van der Waals surface area (Å²) >= 11 is 0. The van der Waals surface area contributed by atoms with Crippen molar-refractivity contribution in [2.45, 2.75) is 18.4 Å². The van der Waals surface area contributed by atoms with Crippen LogP contribution in [0.25, 0.3) is 0 Å². The van der Waals surface area contributed by atoms with Gasteiger partial charge in [-0.3, -0.25) is 4.79 Å². The number of hydrogen-bond donors (Lipinski definition) is 3. The Morgan fingerprint density at radius 2 is 1.85 bits per heavy atom. The molecule has 2 aromatic carbocycles. The van der Waals surface area contributed by atoms with Crippen molar-refractivity contribution < 1.29 is 22.7 Å². The average Bonchev–Trinajstić information content (AvgIpc) is 3.16. The zero-order valence-corrected chi connectivity index (χ0v) is 15.3. The fourth-order valence-electron chi connectivity index (χ4n) is 2.39. The van der Waals surface area contributed by atoms with Gasteiger partial charge in [0.1, 0.15) is 11.5 Å². The molecule has 0 saturated heterocycles. The lowest BCUT2D eigenvalue weighted by Gasteiger charge is -2.09. The number of aryl methyl sites for hydroxylation is 1. The van der Waals surface area contributed by atoms with Crippen LogP contribution in [-0.2, 0) is 16.6 Å². The van der Waals surface area contributed by atoms with E-state index in [0.29, 0.717) is 5.76 Å². The number of phenolic OH excluding ortho intramolecular Hbond substituents is 1. The summed E-state index contributed by atoms with van der Waals surface area (Å²) in [6.45, 7) is 1.86. The van der Waals surface area contributed by atoms with Gasteiger partial charge in [-0.25, -0.2) is 13.1 Å². The van der Waals surface area contributed by atoms with E-state index < -0.39 is 15.9 Å². The van der Waals surface area contributed by atoms with Crippen LogP contribution in [0.5, 0.6) is 5.75 Å². The normalized spacial score (nSPS) is 11.3. The van der Waals surface area contributed by atoms with E-state index in [-0.39, 0.29) is 28.4 Å². The van der Waals surface area contributed by atoms with Crippen LogP contribution < -0.4 is 10.0 Å². The third-order valence-corrected chi connectivity index (χ3v) is 5.26. The zero-order chi connectivity index (χ0) is 19.4. The summed E-state index contributed by atoms with van der Waals surface area (Å²) in [5.41, 5.74) is 1.41. The molecule has 8 heteroatoms. The Morgan fingerprint density at radius 3 is 2.48 bits per heavy atom. The monoisotopic (exact) mass is 386 g/mol. The number of aromatic hydroxyl groups is 1. The SMILES string of the molecule is Cc1ccc(NC(=O)c2ccc(S(=O)(=O)NCc3ccco3)cc2)c(O)c1. The van der Waals surface area contributed by atoms with E-state index in [9.17, 15) is 18.3 Å². The van der Waals surface area contributed by atoms with Gasteiger partial charge in [-0.2, -0.15) is 0 Å². The van der Waals surface area contributed by atoms with Gasteiger partial charge in [-0.05, 0) is 61.0 Å². The molecule has 3 aromatic rings. The first kappa shape index (κ1) is 18.7. The van der Waals surface area contributed by atoms with Crippen molar-refractivity contribution in [1.82, 2.24) is 4.72 Å². The van der Waals surface area contributed by atoms with Crippen molar-refractivity contribution in [3.05, 3.63) is 77.7 Å². The summed E-state index contributed by atoms with van der Waals surface area (Å²) in [5, 5.41) is 12.5. The maximum absolute atomic E-state index is 12.3. The van der Waals surface area contributed by atoms with Gasteiger partial charge < -0.3 is 14.8 Å². The minimum absolute atomic E-state index is 0.0313. The van der Waals surface area contributed by atoms with Crippen LogP contribution in [0.3, 0.4) is 0 Å². The Balaban J connectivity index is 1.69. The number of phenols is 1. The van der Waals surface area contributed by atoms with Gasteiger partial charge in [0.05, 0.1) is 23.4 Å². The number of sulfonamides is 1. The largest absolute Gasteiger partial charge is 0.506 e. The van der Waals surface area contributed by atoms with E-state index in [1.54, 1.807) is 24.3 Å². The molecule has 1 heterocycles. The Kier molecular flexibility index (Phi) is 5.29. The van der Waals surface area contributed by atoms with Crippen LogP contribution in [0.2, 0.25) is 0 Å². The summed E-state index contributed by atoms with van der Waals surface area (Å²) < 4.78 is 32.1. The van der Waals surface area contributed by atoms with E-state index in [1.165, 1.54) is 36.6 Å². The maximum Gasteiger partial charge on any atom is 0.255 e. The highest BCUT2D eigenvalue weighted by Gasteiger charge is 2.16. The number of benzene rings is 2. The molecule has 0 saturated carbocycles. The quantitative estimate of drug-likeness (QED) is 0.564. The fraction of sp³-hybridized carbons (Fsp3) is 0.105. The summed E-state index contributed by atoms with van der Waals surface area (Å²) in [7, 11) is -3.73. The van der Waals surface area contributed by atoms with Crippen LogP contribution >= 0.6 is 0 Å². The second-order valence-electron chi connectivity index (χ2n) is 5.90. The lowest BCUT2D eigenvalue weighted by atomic mass is 10.2. The van der Waals surface area contributed by atoms with E-state index in [0.717, 1.165) is 5.56 Å². The predicted octanol–water partition coefficient (Wildman–Crippen LogP) is 3.02. The van der Waals surface area contributed by atoms with Gasteiger partial charge in [0, 0.05) is 5.56 Å². The van der Waals surface area contributed by atoms with E-state index in [2.05, 4.69) is 10.0 Å². The molecule has 0 unspecified atom stereocenters. The molecular weight excluding hydrogens is 368 g/mol. The minimum atomic E-state index is -3.73. The summed E-state index contributed by atoms with van der Waals surface area (Å²) in [4.78, 5) is 12.3. The maximum atomic E-state index is 12.3. The van der Waals surface area contributed by atoms with Gasteiger partial charge in [0.2, 0.25) is 10.0 Å². The number of anilines is 1. The second kappa shape index (κ2) is 7.65. The Hall–Kier alpha value is -3.10. The molecule has 0 aliphatic heterocycles. The molecule has 3 N–H and O–H groups in total. The van der Waals surface area contributed by atoms with E-state index in [1.807, 2.05) is 6.92 Å². The molecule has 1 amide bonds. The molecule has 0 fully saturated rings. The molecule has 140 valence electrons. The van der Waals surface area contributed by atoms with Gasteiger partial charge in [0.15, 0.2) is 0 Å². The third kappa shape index (κ3) is 4.55. The highest BCUT2D eigenvalue weighted by Crippen LogP contribution is 2.24. The summed E-state index contributed by atoms with van der Waals surface area (Å²) in [6, 6.07) is 13.7. The van der Waals surface area contributed by atoms with Crippen molar-refractivity contribution >= 4 is 21.6 Å². The third-order valence-electron chi connectivity index (χ3n) is 3.84. The molecule has 0 bridgehead atoms. The van der Waals surface area contributed by atoms with Gasteiger partial charge in [0.25, 0.3) is 5.91 Å². The number of furan rings is 1. The first-order chi connectivity index (χ1) is 12.8. The van der Waals surface area contributed by atoms with Crippen LogP contribution in [0.15, 0.2) is 70.2 Å². The topological polar surface area (TPSA) is 109 Å². The Bertz CT molecular complexity index is 1040. The second-order valence-corrected chi connectivity index (χ2v) is 7.67. The van der Waals surface area contributed by atoms with Crippen molar-refractivity contribution in [3.8, 4) is 5.75 Å². The number of amides is 1. The van der Waals surface area contributed by atoms with E-state index >= 15 is 0 Å². The average molecular weight is 386 g/mol. The highest BCUT2D eigenvalue weighted by molar-refractivity contribution is 7.89. The van der Waals surface area contributed by atoms with Crippen molar-refractivity contribution in [2.75, 3.05) is 5.32 Å². The lowest BCUT2D eigenvalue weighted by molar-refractivity contribution is 0.102. The molecule has 0 aliphatic carbocycles. The zero-order valence-electron chi connectivity index (χ0n) is 14.5. The minimum Gasteiger partial charge on any atom is -0.506 e. The molecule has 27 heavy (non-hydrogen) atoms. The number of carbonyl (C=O) groups excluding carboxylic acids is 1. The van der Waals surface area contributed by atoms with Crippen LogP contribution in [0, 0.1) is 6.92 Å². The number of nitrogens with one attached hydrogen (secondary N) is 2. The molecular formula is C19H18N2O5S.